The molecule has 0 fully saturated rings. The topological polar surface area (TPSA) is 0 Å². The first-order valence-corrected chi connectivity index (χ1v) is 5.33. The summed E-state index contributed by atoms with van der Waals surface area (Å²) in [6, 6.07) is 0. The first-order valence-electron chi connectivity index (χ1n) is 5.33. The predicted octanol–water partition coefficient (Wildman–Crippen LogP) is 4.07. The summed E-state index contributed by atoms with van der Waals surface area (Å²) in [6.07, 6.45) is 32.0. The molecule has 0 heterocycles. The second-order valence-electron chi connectivity index (χ2n) is 3.08. The molecule has 0 aromatic heterocycles. The van der Waals surface area contributed by atoms with Crippen LogP contribution < -0.4 is 0 Å². The van der Waals surface area contributed by atoms with Crippen LogP contribution in [0.25, 0.3) is 0 Å². The van der Waals surface area contributed by atoms with Gasteiger partial charge in [0.2, 0.25) is 0 Å². The van der Waals surface area contributed by atoms with Crippen LogP contribution >= 0.6 is 0 Å². The Balaban J connectivity index is 0. The largest absolute Gasteiger partial charge is 0.0623 e. The summed E-state index contributed by atoms with van der Waals surface area (Å²) in [4.78, 5) is 0. The molecular formula is C16H16KY. The minimum Gasteiger partial charge on any atom is -0.0623 e. The molecule has 0 nitrogen and oxygen atoms in total. The Hall–Kier alpha value is 0.660. The van der Waals surface area contributed by atoms with Crippen LogP contribution in [0.4, 0.5) is 0 Å². The van der Waals surface area contributed by atoms with Crippen molar-refractivity contribution in [3.05, 3.63) is 97.2 Å². The Morgan fingerprint density at radius 2 is 0.278 bits per heavy atom. The van der Waals surface area contributed by atoms with Crippen LogP contribution in [0.5, 0.6) is 0 Å². The quantitative estimate of drug-likeness (QED) is 0.585. The molecule has 0 spiro atoms. The first kappa shape index (κ1) is 21.0. The molecule has 0 aromatic rings. The zero-order valence-corrected chi connectivity index (χ0v) is 16.8. The second-order valence-corrected chi connectivity index (χ2v) is 3.08. The van der Waals surface area contributed by atoms with Crippen molar-refractivity contribution in [2.75, 3.05) is 0 Å². The Morgan fingerprint density at radius 1 is 0.222 bits per heavy atom. The molecule has 2 rings (SSSR count). The van der Waals surface area contributed by atoms with Crippen LogP contribution in [0.3, 0.4) is 0 Å². The molecule has 0 unspecified atom stereocenters. The zero-order valence-electron chi connectivity index (χ0n) is 10.8. The summed E-state index contributed by atoms with van der Waals surface area (Å²) in [5.41, 5.74) is 0. The first-order chi connectivity index (χ1) is 8.00. The SMILES string of the molecule is C1=C\C=C/C=C\C=C/1.C1=C\C=C/C=C\C=C/1.[K].[Y]. The molecule has 0 amide bonds. The fourth-order valence-electron chi connectivity index (χ4n) is 1.03. The molecule has 2 aliphatic carbocycles. The van der Waals surface area contributed by atoms with E-state index in [0.717, 1.165) is 0 Å². The van der Waals surface area contributed by atoms with Crippen molar-refractivity contribution < 1.29 is 32.7 Å². The van der Waals surface area contributed by atoms with E-state index < -0.39 is 0 Å². The minimum absolute atomic E-state index is 0. The zero-order chi connectivity index (χ0) is 11.3. The van der Waals surface area contributed by atoms with E-state index in [4.69, 9.17) is 0 Å². The second kappa shape index (κ2) is 17.7. The van der Waals surface area contributed by atoms with E-state index in [-0.39, 0.29) is 84.1 Å². The number of hydrogen-bond acceptors (Lipinski definition) is 0. The van der Waals surface area contributed by atoms with Crippen LogP contribution in [-0.4, -0.2) is 51.4 Å². The third kappa shape index (κ3) is 14.7. The molecule has 18 heavy (non-hydrogen) atoms. The van der Waals surface area contributed by atoms with Gasteiger partial charge in [0.25, 0.3) is 0 Å². The van der Waals surface area contributed by atoms with E-state index in [1.807, 2.05) is 97.2 Å². The van der Waals surface area contributed by atoms with Crippen molar-refractivity contribution in [2.45, 2.75) is 0 Å². The smallest absolute Gasteiger partial charge is 0 e. The van der Waals surface area contributed by atoms with Gasteiger partial charge in [0, 0.05) is 84.1 Å². The Labute approximate surface area is 178 Å². The van der Waals surface area contributed by atoms with Crippen LogP contribution in [0.2, 0.25) is 0 Å². The van der Waals surface area contributed by atoms with Crippen molar-refractivity contribution in [3.8, 4) is 0 Å². The van der Waals surface area contributed by atoms with Gasteiger partial charge in [-0.3, -0.25) is 0 Å². The molecule has 0 atom stereocenters. The summed E-state index contributed by atoms with van der Waals surface area (Å²) < 4.78 is 0. The Morgan fingerprint density at radius 3 is 0.333 bits per heavy atom. The van der Waals surface area contributed by atoms with Gasteiger partial charge >= 0.3 is 0 Å². The average Bonchev–Trinajstić information content (AvgIpc) is 2.15. The summed E-state index contributed by atoms with van der Waals surface area (Å²) in [5, 5.41) is 0. The van der Waals surface area contributed by atoms with E-state index in [1.165, 1.54) is 0 Å². The predicted molar refractivity (Wildman–Crippen MR) is 78.9 cm³/mol. The maximum Gasteiger partial charge on any atom is 0 e. The number of allylic oxidation sites excluding steroid dienone is 16. The van der Waals surface area contributed by atoms with Gasteiger partial charge in [-0.05, 0) is 0 Å². The average molecular weight is 336 g/mol. The molecule has 0 aliphatic heterocycles. The van der Waals surface area contributed by atoms with E-state index >= 15 is 0 Å². The number of rotatable bonds is 0. The molecule has 0 saturated heterocycles. The van der Waals surface area contributed by atoms with Gasteiger partial charge in [0.05, 0.1) is 0 Å². The van der Waals surface area contributed by atoms with Gasteiger partial charge in [-0.15, -0.1) is 0 Å². The van der Waals surface area contributed by atoms with Crippen molar-refractivity contribution in [3.63, 3.8) is 0 Å². The van der Waals surface area contributed by atoms with Crippen LogP contribution in [0.15, 0.2) is 97.2 Å². The van der Waals surface area contributed by atoms with Gasteiger partial charge in [-0.1, -0.05) is 97.2 Å². The van der Waals surface area contributed by atoms with E-state index in [1.54, 1.807) is 0 Å². The fourth-order valence-corrected chi connectivity index (χ4v) is 1.03. The molecule has 2 heteroatoms. The monoisotopic (exact) mass is 336 g/mol. The van der Waals surface area contributed by atoms with E-state index in [9.17, 15) is 0 Å². The summed E-state index contributed by atoms with van der Waals surface area (Å²) in [5.74, 6) is 0. The summed E-state index contributed by atoms with van der Waals surface area (Å²) in [6.45, 7) is 0. The van der Waals surface area contributed by atoms with Crippen molar-refractivity contribution in [1.82, 2.24) is 0 Å². The van der Waals surface area contributed by atoms with Crippen molar-refractivity contribution in [2.24, 2.45) is 0 Å². The van der Waals surface area contributed by atoms with Gasteiger partial charge in [0.1, 0.15) is 0 Å². The molecule has 2 aliphatic rings. The molecule has 0 N–H and O–H groups in total. The Bertz CT molecular complexity index is 253. The molecule has 0 aromatic carbocycles. The molecule has 0 saturated carbocycles. The van der Waals surface area contributed by atoms with E-state index in [2.05, 4.69) is 0 Å². The van der Waals surface area contributed by atoms with Crippen LogP contribution in [0.1, 0.15) is 0 Å². The van der Waals surface area contributed by atoms with E-state index in [0.29, 0.717) is 0 Å². The number of hydrogen-bond donors (Lipinski definition) is 0. The van der Waals surface area contributed by atoms with Crippen molar-refractivity contribution >= 4 is 51.4 Å². The van der Waals surface area contributed by atoms with Gasteiger partial charge in [-0.25, -0.2) is 0 Å². The maximum absolute atomic E-state index is 2.00. The summed E-state index contributed by atoms with van der Waals surface area (Å²) in [7, 11) is 0. The Kier molecular flexibility index (Phi) is 20.6. The molecule has 2 radical (unpaired) electrons. The molecular weight excluding hydrogens is 320 g/mol. The molecule has 84 valence electrons. The fraction of sp³-hybridized carbons (Fsp3) is 0. The maximum atomic E-state index is 2.00. The van der Waals surface area contributed by atoms with Gasteiger partial charge < -0.3 is 0 Å². The minimum atomic E-state index is 0. The van der Waals surface area contributed by atoms with Crippen LogP contribution in [-0.2, 0) is 32.7 Å². The van der Waals surface area contributed by atoms with Gasteiger partial charge in [-0.2, -0.15) is 0 Å². The summed E-state index contributed by atoms with van der Waals surface area (Å²) >= 11 is 0. The van der Waals surface area contributed by atoms with Gasteiger partial charge in [0.15, 0.2) is 0 Å². The third-order valence-corrected chi connectivity index (χ3v) is 1.78. The standard InChI is InChI=1S/2C8H8.K.Y/c2*1-2-4-6-8-7-5-3-1;;/h2*1-8H;;/b2*2-1-,3-1?,4-2?,5-3-,6-4-,7-5?,8-6?,8-7-;;. The van der Waals surface area contributed by atoms with Crippen molar-refractivity contribution in [1.29, 1.82) is 0 Å². The van der Waals surface area contributed by atoms with Crippen LogP contribution in [0, 0.1) is 0 Å². The normalized spacial score (nSPS) is 28.4. The third-order valence-electron chi connectivity index (χ3n) is 1.78. The molecule has 0 bridgehead atoms.